The quantitative estimate of drug-likeness (QED) is 0.941. The van der Waals surface area contributed by atoms with E-state index in [1.54, 1.807) is 24.5 Å². The van der Waals surface area contributed by atoms with Crippen molar-refractivity contribution in [3.63, 3.8) is 0 Å². The standard InChI is InChI=1S/C13H13F3N4O/c1-9(20-6-4-11(19-20)13(14,15)16)12(21)18-8-10-3-2-5-17-7-10/h2-7,9H,8H2,1H3,(H,18,21). The van der Waals surface area contributed by atoms with Crippen molar-refractivity contribution in [1.29, 1.82) is 0 Å². The number of rotatable bonds is 4. The molecule has 2 rings (SSSR count). The SMILES string of the molecule is CC(C(=O)NCc1cccnc1)n1ccc(C(F)(F)F)n1. The Bertz CT molecular complexity index is 609. The molecule has 0 fully saturated rings. The average Bonchev–Trinajstić information content (AvgIpc) is 2.95. The van der Waals surface area contributed by atoms with Gasteiger partial charge in [-0.25, -0.2) is 0 Å². The monoisotopic (exact) mass is 298 g/mol. The van der Waals surface area contributed by atoms with Gasteiger partial charge in [0, 0.05) is 25.1 Å². The third kappa shape index (κ3) is 3.80. The van der Waals surface area contributed by atoms with Gasteiger partial charge in [-0.2, -0.15) is 18.3 Å². The number of nitrogens with one attached hydrogen (secondary N) is 1. The summed E-state index contributed by atoms with van der Waals surface area (Å²) < 4.78 is 38.3. The van der Waals surface area contributed by atoms with E-state index >= 15 is 0 Å². The van der Waals surface area contributed by atoms with Gasteiger partial charge in [-0.1, -0.05) is 6.07 Å². The molecule has 2 aromatic rings. The molecule has 1 N–H and O–H groups in total. The smallest absolute Gasteiger partial charge is 0.350 e. The van der Waals surface area contributed by atoms with Crippen molar-refractivity contribution < 1.29 is 18.0 Å². The van der Waals surface area contributed by atoms with Crippen LogP contribution in [0.5, 0.6) is 0 Å². The summed E-state index contributed by atoms with van der Waals surface area (Å²) in [5, 5.41) is 6.00. The number of carbonyl (C=O) groups excluding carboxylic acids is 1. The zero-order valence-corrected chi connectivity index (χ0v) is 11.1. The second-order valence-electron chi connectivity index (χ2n) is 4.43. The minimum atomic E-state index is -4.52. The molecule has 0 saturated carbocycles. The van der Waals surface area contributed by atoms with Crippen molar-refractivity contribution in [3.05, 3.63) is 48.0 Å². The van der Waals surface area contributed by atoms with Crippen LogP contribution in [0.3, 0.4) is 0 Å². The third-order valence-corrected chi connectivity index (χ3v) is 2.86. The maximum absolute atomic E-state index is 12.5. The molecule has 0 aromatic carbocycles. The van der Waals surface area contributed by atoms with Gasteiger partial charge in [0.05, 0.1) is 0 Å². The summed E-state index contributed by atoms with van der Waals surface area (Å²) in [7, 11) is 0. The van der Waals surface area contributed by atoms with Crippen LogP contribution in [0.25, 0.3) is 0 Å². The van der Waals surface area contributed by atoms with Crippen molar-refractivity contribution in [2.24, 2.45) is 0 Å². The maximum Gasteiger partial charge on any atom is 0.435 e. The summed E-state index contributed by atoms with van der Waals surface area (Å²) in [6.07, 6.45) is -0.175. The van der Waals surface area contributed by atoms with Crippen LogP contribution in [0.15, 0.2) is 36.8 Å². The summed E-state index contributed by atoms with van der Waals surface area (Å²) in [5.74, 6) is -0.421. The van der Waals surface area contributed by atoms with Gasteiger partial charge in [-0.05, 0) is 24.6 Å². The molecule has 0 aliphatic carbocycles. The molecule has 0 saturated heterocycles. The van der Waals surface area contributed by atoms with Crippen LogP contribution in [-0.4, -0.2) is 20.7 Å². The maximum atomic E-state index is 12.5. The minimum absolute atomic E-state index is 0.254. The zero-order valence-electron chi connectivity index (χ0n) is 11.1. The number of nitrogens with zero attached hydrogens (tertiary/aromatic N) is 3. The van der Waals surface area contributed by atoms with E-state index in [4.69, 9.17) is 0 Å². The molecule has 21 heavy (non-hydrogen) atoms. The Labute approximate surface area is 118 Å². The predicted octanol–water partition coefficient (Wildman–Crippen LogP) is 2.17. The van der Waals surface area contributed by atoms with Gasteiger partial charge in [0.2, 0.25) is 5.91 Å². The van der Waals surface area contributed by atoms with Crippen LogP contribution in [0.2, 0.25) is 0 Å². The van der Waals surface area contributed by atoms with Crippen molar-refractivity contribution in [3.8, 4) is 0 Å². The van der Waals surface area contributed by atoms with Gasteiger partial charge in [0.25, 0.3) is 0 Å². The van der Waals surface area contributed by atoms with Crippen molar-refractivity contribution in [1.82, 2.24) is 20.1 Å². The van der Waals surface area contributed by atoms with Crippen LogP contribution >= 0.6 is 0 Å². The van der Waals surface area contributed by atoms with E-state index in [-0.39, 0.29) is 6.54 Å². The number of aromatic nitrogens is 3. The minimum Gasteiger partial charge on any atom is -0.350 e. The lowest BCUT2D eigenvalue weighted by Gasteiger charge is -2.12. The first kappa shape index (κ1) is 15.0. The Hall–Kier alpha value is -2.38. The van der Waals surface area contributed by atoms with Gasteiger partial charge in [0.1, 0.15) is 6.04 Å². The molecular weight excluding hydrogens is 285 g/mol. The average molecular weight is 298 g/mol. The summed E-state index contributed by atoms with van der Waals surface area (Å²) in [6.45, 7) is 1.73. The van der Waals surface area contributed by atoms with E-state index in [0.29, 0.717) is 0 Å². The third-order valence-electron chi connectivity index (χ3n) is 2.86. The molecule has 112 valence electrons. The van der Waals surface area contributed by atoms with Crippen LogP contribution in [0.1, 0.15) is 24.2 Å². The molecule has 0 spiro atoms. The lowest BCUT2D eigenvalue weighted by atomic mass is 10.2. The number of pyridine rings is 1. The van der Waals surface area contributed by atoms with Gasteiger partial charge >= 0.3 is 6.18 Å². The number of amides is 1. The highest BCUT2D eigenvalue weighted by atomic mass is 19.4. The molecule has 0 radical (unpaired) electrons. The summed E-state index contributed by atoms with van der Waals surface area (Å²) >= 11 is 0. The molecule has 1 unspecified atom stereocenters. The Balaban J connectivity index is 1.98. The van der Waals surface area contributed by atoms with Crippen molar-refractivity contribution in [2.75, 3.05) is 0 Å². The zero-order chi connectivity index (χ0) is 15.5. The molecule has 1 amide bonds. The van der Waals surface area contributed by atoms with E-state index in [2.05, 4.69) is 15.4 Å². The first-order valence-electron chi connectivity index (χ1n) is 6.17. The summed E-state index contributed by atoms with van der Waals surface area (Å²) in [4.78, 5) is 15.8. The number of carbonyl (C=O) groups is 1. The largest absolute Gasteiger partial charge is 0.435 e. The fourth-order valence-electron chi connectivity index (χ4n) is 1.66. The Kier molecular flexibility index (Phi) is 4.25. The Morgan fingerprint density at radius 3 is 2.76 bits per heavy atom. The van der Waals surface area contributed by atoms with E-state index in [0.717, 1.165) is 22.5 Å². The van der Waals surface area contributed by atoms with Gasteiger partial charge in [-0.15, -0.1) is 0 Å². The number of hydrogen-bond acceptors (Lipinski definition) is 3. The topological polar surface area (TPSA) is 59.8 Å². The molecule has 1 atom stereocenters. The first-order valence-corrected chi connectivity index (χ1v) is 6.17. The molecule has 0 aliphatic rings. The van der Waals surface area contributed by atoms with Crippen molar-refractivity contribution in [2.45, 2.75) is 25.7 Å². The summed E-state index contributed by atoms with van der Waals surface area (Å²) in [6, 6.07) is 3.52. The number of hydrogen-bond donors (Lipinski definition) is 1. The predicted molar refractivity (Wildman–Crippen MR) is 68.0 cm³/mol. The second-order valence-corrected chi connectivity index (χ2v) is 4.43. The van der Waals surface area contributed by atoms with Crippen LogP contribution in [-0.2, 0) is 17.5 Å². The van der Waals surface area contributed by atoms with Crippen LogP contribution < -0.4 is 5.32 Å². The molecule has 8 heteroatoms. The van der Waals surface area contributed by atoms with Crippen LogP contribution in [0, 0.1) is 0 Å². The molecule has 0 aliphatic heterocycles. The molecular formula is C13H13F3N4O. The Morgan fingerprint density at radius 1 is 1.43 bits per heavy atom. The second kappa shape index (κ2) is 5.94. The fraction of sp³-hybridized carbons (Fsp3) is 0.308. The van der Waals surface area contributed by atoms with E-state index < -0.39 is 23.8 Å². The lowest BCUT2D eigenvalue weighted by Crippen LogP contribution is -2.31. The number of halogens is 3. The molecule has 2 aromatic heterocycles. The van der Waals surface area contributed by atoms with E-state index in [1.165, 1.54) is 6.92 Å². The number of alkyl halides is 3. The normalized spacial score (nSPS) is 13.0. The highest BCUT2D eigenvalue weighted by Crippen LogP contribution is 2.27. The van der Waals surface area contributed by atoms with Crippen LogP contribution in [0.4, 0.5) is 13.2 Å². The molecule has 5 nitrogen and oxygen atoms in total. The highest BCUT2D eigenvalue weighted by Gasteiger charge is 2.34. The van der Waals surface area contributed by atoms with Gasteiger partial charge in [-0.3, -0.25) is 14.5 Å². The fourth-order valence-corrected chi connectivity index (χ4v) is 1.66. The van der Waals surface area contributed by atoms with Crippen molar-refractivity contribution >= 4 is 5.91 Å². The highest BCUT2D eigenvalue weighted by molar-refractivity contribution is 5.79. The van der Waals surface area contributed by atoms with Gasteiger partial charge < -0.3 is 5.32 Å². The lowest BCUT2D eigenvalue weighted by molar-refractivity contribution is -0.142. The molecule has 2 heterocycles. The van der Waals surface area contributed by atoms with E-state index in [1.807, 2.05) is 0 Å². The summed E-state index contributed by atoms with van der Waals surface area (Å²) in [5.41, 5.74) is -0.219. The molecule has 0 bridgehead atoms. The Morgan fingerprint density at radius 2 is 2.19 bits per heavy atom. The van der Waals surface area contributed by atoms with Gasteiger partial charge in [0.15, 0.2) is 5.69 Å². The van der Waals surface area contributed by atoms with E-state index in [9.17, 15) is 18.0 Å². The first-order chi connectivity index (χ1) is 9.88.